The maximum Gasteiger partial charge on any atom is 0.180 e. The topological polar surface area (TPSA) is 53.9 Å². The normalized spacial score (nSPS) is 18.7. The van der Waals surface area contributed by atoms with Gasteiger partial charge in [-0.2, -0.15) is 0 Å². The largest absolute Gasteiger partial charge is 0.381 e. The molecule has 1 aromatic carbocycles. The van der Waals surface area contributed by atoms with Crippen molar-refractivity contribution >= 4 is 11.5 Å². The minimum Gasteiger partial charge on any atom is -0.381 e. The van der Waals surface area contributed by atoms with E-state index in [9.17, 15) is 0 Å². The fourth-order valence-corrected chi connectivity index (χ4v) is 4.34. The van der Waals surface area contributed by atoms with E-state index in [4.69, 9.17) is 9.97 Å². The van der Waals surface area contributed by atoms with E-state index >= 15 is 0 Å². The summed E-state index contributed by atoms with van der Waals surface area (Å²) in [7, 11) is 0. The highest BCUT2D eigenvalue weighted by atomic mass is 15.2. The van der Waals surface area contributed by atoms with Gasteiger partial charge in [-0.15, -0.1) is 0 Å². The van der Waals surface area contributed by atoms with E-state index in [1.54, 1.807) is 0 Å². The third kappa shape index (κ3) is 3.44. The van der Waals surface area contributed by atoms with Crippen molar-refractivity contribution in [3.8, 4) is 11.5 Å². The Bertz CT molecular complexity index is 942. The summed E-state index contributed by atoms with van der Waals surface area (Å²) in [5.41, 5.74) is 4.61. The molecule has 1 fully saturated rings. The number of aromatic nitrogens is 3. The summed E-state index contributed by atoms with van der Waals surface area (Å²) in [6.07, 6.45) is 7.47. The standard InChI is InChI=1S/C23H25N5/c1-2-8-17(9-3-1)25-18-10-7-15-28(16-18)23-19-11-6-13-20(19)26-22(27-23)21-12-4-5-14-24-21/h1-5,8-9,12,14,18,25H,6-7,10-11,13,15-16H2. The highest BCUT2D eigenvalue weighted by Gasteiger charge is 2.27. The summed E-state index contributed by atoms with van der Waals surface area (Å²) in [6, 6.07) is 16.9. The molecule has 1 unspecified atom stereocenters. The van der Waals surface area contributed by atoms with E-state index in [0.29, 0.717) is 6.04 Å². The van der Waals surface area contributed by atoms with Crippen molar-refractivity contribution in [2.24, 2.45) is 0 Å². The van der Waals surface area contributed by atoms with Crippen LogP contribution in [0.3, 0.4) is 0 Å². The van der Waals surface area contributed by atoms with Gasteiger partial charge in [0.15, 0.2) is 5.82 Å². The lowest BCUT2D eigenvalue weighted by atomic mass is 10.0. The van der Waals surface area contributed by atoms with Gasteiger partial charge in [0, 0.05) is 42.3 Å². The number of para-hydroxylation sites is 1. The Morgan fingerprint density at radius 2 is 1.82 bits per heavy atom. The van der Waals surface area contributed by atoms with Crippen molar-refractivity contribution in [2.45, 2.75) is 38.1 Å². The maximum atomic E-state index is 5.00. The number of piperidine rings is 1. The van der Waals surface area contributed by atoms with E-state index in [1.807, 2.05) is 24.4 Å². The number of fused-ring (bicyclic) bond motifs is 1. The molecule has 0 saturated carbocycles. The third-order valence-electron chi connectivity index (χ3n) is 5.67. The van der Waals surface area contributed by atoms with Crippen LogP contribution in [0.2, 0.25) is 0 Å². The molecule has 28 heavy (non-hydrogen) atoms. The third-order valence-corrected chi connectivity index (χ3v) is 5.67. The Hall–Kier alpha value is -2.95. The lowest BCUT2D eigenvalue weighted by molar-refractivity contribution is 0.525. The van der Waals surface area contributed by atoms with Crippen molar-refractivity contribution < 1.29 is 0 Å². The number of nitrogens with zero attached hydrogens (tertiary/aromatic N) is 4. The first-order valence-electron chi connectivity index (χ1n) is 10.2. The molecule has 3 heterocycles. The molecule has 5 heteroatoms. The second-order valence-corrected chi connectivity index (χ2v) is 7.66. The number of pyridine rings is 1. The molecule has 1 atom stereocenters. The number of anilines is 2. The number of benzene rings is 1. The average molecular weight is 371 g/mol. The summed E-state index contributed by atoms with van der Waals surface area (Å²) in [6.45, 7) is 2.03. The van der Waals surface area contributed by atoms with Gasteiger partial charge in [0.2, 0.25) is 0 Å². The molecule has 1 aliphatic heterocycles. The van der Waals surface area contributed by atoms with Crippen LogP contribution >= 0.6 is 0 Å². The molecule has 1 aliphatic carbocycles. The van der Waals surface area contributed by atoms with Crippen molar-refractivity contribution in [3.63, 3.8) is 0 Å². The van der Waals surface area contributed by atoms with E-state index < -0.39 is 0 Å². The van der Waals surface area contributed by atoms with Crippen LogP contribution in [-0.2, 0) is 12.8 Å². The Kier molecular flexibility index (Phi) is 4.65. The van der Waals surface area contributed by atoms with Crippen molar-refractivity contribution in [1.82, 2.24) is 15.0 Å². The highest BCUT2D eigenvalue weighted by Crippen LogP contribution is 2.32. The van der Waals surface area contributed by atoms with Gasteiger partial charge in [0.05, 0.1) is 0 Å². The summed E-state index contributed by atoms with van der Waals surface area (Å²) in [5.74, 6) is 1.89. The monoisotopic (exact) mass is 371 g/mol. The number of rotatable bonds is 4. The van der Waals surface area contributed by atoms with Gasteiger partial charge in [-0.1, -0.05) is 24.3 Å². The molecule has 0 amide bonds. The second kappa shape index (κ2) is 7.58. The summed E-state index contributed by atoms with van der Waals surface area (Å²) < 4.78 is 0. The van der Waals surface area contributed by atoms with Crippen LogP contribution < -0.4 is 10.2 Å². The van der Waals surface area contributed by atoms with E-state index in [2.05, 4.69) is 45.5 Å². The minimum atomic E-state index is 0.432. The van der Waals surface area contributed by atoms with Crippen LogP contribution in [0.25, 0.3) is 11.5 Å². The molecule has 0 bridgehead atoms. The van der Waals surface area contributed by atoms with Gasteiger partial charge >= 0.3 is 0 Å². The second-order valence-electron chi connectivity index (χ2n) is 7.66. The average Bonchev–Trinajstić information content (AvgIpc) is 3.23. The van der Waals surface area contributed by atoms with Gasteiger partial charge in [-0.25, -0.2) is 9.97 Å². The number of hydrogen-bond donors (Lipinski definition) is 1. The zero-order chi connectivity index (χ0) is 18.8. The van der Waals surface area contributed by atoms with Gasteiger partial charge in [-0.05, 0) is 56.4 Å². The van der Waals surface area contributed by atoms with E-state index in [-0.39, 0.29) is 0 Å². The van der Waals surface area contributed by atoms with Gasteiger partial charge in [0.1, 0.15) is 11.5 Å². The molecule has 2 aromatic heterocycles. The lowest BCUT2D eigenvalue weighted by Gasteiger charge is -2.35. The van der Waals surface area contributed by atoms with Gasteiger partial charge in [0.25, 0.3) is 0 Å². The molecule has 142 valence electrons. The van der Waals surface area contributed by atoms with Crippen LogP contribution in [-0.4, -0.2) is 34.1 Å². The minimum absolute atomic E-state index is 0.432. The van der Waals surface area contributed by atoms with Crippen LogP contribution in [0.15, 0.2) is 54.7 Å². The molecule has 0 radical (unpaired) electrons. The van der Waals surface area contributed by atoms with Gasteiger partial charge in [-0.3, -0.25) is 4.98 Å². The molecular weight excluding hydrogens is 346 g/mol. The zero-order valence-corrected chi connectivity index (χ0v) is 16.0. The van der Waals surface area contributed by atoms with Crippen LogP contribution in [0.4, 0.5) is 11.5 Å². The van der Waals surface area contributed by atoms with E-state index in [1.165, 1.54) is 36.2 Å². The highest BCUT2D eigenvalue weighted by molar-refractivity contribution is 5.59. The lowest BCUT2D eigenvalue weighted by Crippen LogP contribution is -2.43. The Balaban J connectivity index is 1.44. The van der Waals surface area contributed by atoms with Gasteiger partial charge < -0.3 is 10.2 Å². The number of hydrogen-bond acceptors (Lipinski definition) is 5. The first-order chi connectivity index (χ1) is 13.9. The number of nitrogens with one attached hydrogen (secondary N) is 1. The molecule has 1 N–H and O–H groups in total. The van der Waals surface area contributed by atoms with Crippen LogP contribution in [0, 0.1) is 0 Å². The molecule has 0 spiro atoms. The van der Waals surface area contributed by atoms with Crippen molar-refractivity contribution in [1.29, 1.82) is 0 Å². The zero-order valence-electron chi connectivity index (χ0n) is 16.0. The number of aryl methyl sites for hydroxylation is 1. The SMILES string of the molecule is c1ccc(NC2CCCN(c3nc(-c4ccccn4)nc4c3CCC4)C2)cc1. The van der Waals surface area contributed by atoms with Crippen LogP contribution in [0.5, 0.6) is 0 Å². The van der Waals surface area contributed by atoms with Crippen LogP contribution in [0.1, 0.15) is 30.5 Å². The summed E-state index contributed by atoms with van der Waals surface area (Å²) >= 11 is 0. The summed E-state index contributed by atoms with van der Waals surface area (Å²) in [4.78, 5) is 16.8. The first-order valence-corrected chi connectivity index (χ1v) is 10.2. The molecule has 5 rings (SSSR count). The Morgan fingerprint density at radius 1 is 0.929 bits per heavy atom. The van der Waals surface area contributed by atoms with Crippen molar-refractivity contribution in [2.75, 3.05) is 23.3 Å². The fourth-order valence-electron chi connectivity index (χ4n) is 4.34. The van der Waals surface area contributed by atoms with Crippen molar-refractivity contribution in [3.05, 3.63) is 66.0 Å². The predicted octanol–water partition coefficient (Wildman–Crippen LogP) is 4.11. The van der Waals surface area contributed by atoms with E-state index in [0.717, 1.165) is 43.3 Å². The maximum absolute atomic E-state index is 5.00. The quantitative estimate of drug-likeness (QED) is 0.748. The fraction of sp³-hybridized carbons (Fsp3) is 0.348. The Labute approximate surface area is 165 Å². The molecule has 5 nitrogen and oxygen atoms in total. The molecule has 3 aromatic rings. The smallest absolute Gasteiger partial charge is 0.180 e. The molecule has 1 saturated heterocycles. The molecule has 2 aliphatic rings. The summed E-state index contributed by atoms with van der Waals surface area (Å²) in [5, 5.41) is 3.70. The predicted molar refractivity (Wildman–Crippen MR) is 113 cm³/mol. The first kappa shape index (κ1) is 17.2. The molecular formula is C23H25N5. The Morgan fingerprint density at radius 3 is 2.68 bits per heavy atom.